The summed E-state index contributed by atoms with van der Waals surface area (Å²) in [5.41, 5.74) is 1.91. The van der Waals surface area contributed by atoms with Gasteiger partial charge in [-0.05, 0) is 66.6 Å². The number of amides is 1. The van der Waals surface area contributed by atoms with Gasteiger partial charge in [-0.15, -0.1) is 0 Å². The molecule has 0 saturated carbocycles. The Balaban J connectivity index is 1.81. The zero-order chi connectivity index (χ0) is 24.2. The van der Waals surface area contributed by atoms with E-state index in [0.717, 1.165) is 5.56 Å². The Morgan fingerprint density at radius 1 is 1.00 bits per heavy atom. The molecule has 1 heterocycles. The van der Waals surface area contributed by atoms with E-state index in [9.17, 15) is 14.7 Å². The van der Waals surface area contributed by atoms with E-state index in [0.29, 0.717) is 34.3 Å². The normalized spacial score (nSPS) is 17.1. The van der Waals surface area contributed by atoms with Crippen molar-refractivity contribution >= 4 is 29.1 Å². The van der Waals surface area contributed by atoms with Crippen molar-refractivity contribution in [1.29, 1.82) is 0 Å². The van der Waals surface area contributed by atoms with E-state index in [2.05, 4.69) is 0 Å². The molecule has 7 heteroatoms. The van der Waals surface area contributed by atoms with Crippen molar-refractivity contribution in [1.82, 2.24) is 4.90 Å². The van der Waals surface area contributed by atoms with Gasteiger partial charge < -0.3 is 19.5 Å². The number of aliphatic hydroxyl groups is 1. The number of hydrogen-bond acceptors (Lipinski definition) is 5. The number of methoxy groups -OCH3 is 1. The second-order valence-electron chi connectivity index (χ2n) is 7.79. The molecule has 1 aliphatic rings. The summed E-state index contributed by atoms with van der Waals surface area (Å²) in [7, 11) is 1.56. The minimum Gasteiger partial charge on any atom is -0.507 e. The zero-order valence-corrected chi connectivity index (χ0v) is 19.6. The molecule has 1 fully saturated rings. The number of halogens is 1. The van der Waals surface area contributed by atoms with Gasteiger partial charge in [0.15, 0.2) is 0 Å². The first-order valence-electron chi connectivity index (χ1n) is 10.8. The lowest BCUT2D eigenvalue weighted by molar-refractivity contribution is -0.140. The molecule has 1 unspecified atom stereocenters. The van der Waals surface area contributed by atoms with Crippen LogP contribution in [-0.2, 0) is 16.1 Å². The average Bonchev–Trinajstić information content (AvgIpc) is 3.09. The Labute approximate surface area is 203 Å². The molecule has 0 radical (unpaired) electrons. The number of rotatable bonds is 7. The summed E-state index contributed by atoms with van der Waals surface area (Å²) in [5.74, 6) is -0.352. The summed E-state index contributed by atoms with van der Waals surface area (Å²) in [6.45, 7) is 2.58. The Morgan fingerprint density at radius 2 is 1.71 bits per heavy atom. The fourth-order valence-electron chi connectivity index (χ4n) is 4.04. The highest BCUT2D eigenvalue weighted by Crippen LogP contribution is 2.41. The number of likely N-dealkylation sites (tertiary alicyclic amines) is 1. The average molecular weight is 478 g/mol. The third kappa shape index (κ3) is 4.63. The topological polar surface area (TPSA) is 76.1 Å². The third-order valence-electron chi connectivity index (χ3n) is 5.65. The molecule has 0 aromatic heterocycles. The molecule has 0 spiro atoms. The number of hydrogen-bond donors (Lipinski definition) is 1. The lowest BCUT2D eigenvalue weighted by Gasteiger charge is -2.25. The lowest BCUT2D eigenvalue weighted by atomic mass is 9.95. The fourth-order valence-corrected chi connectivity index (χ4v) is 4.16. The van der Waals surface area contributed by atoms with Crippen LogP contribution in [0.25, 0.3) is 5.76 Å². The summed E-state index contributed by atoms with van der Waals surface area (Å²) in [6, 6.07) is 20.2. The lowest BCUT2D eigenvalue weighted by Crippen LogP contribution is -2.29. The number of carbonyl (C=O) groups is 2. The van der Waals surface area contributed by atoms with Crippen molar-refractivity contribution in [3.8, 4) is 11.5 Å². The first-order valence-corrected chi connectivity index (χ1v) is 11.2. The number of carbonyl (C=O) groups excluding carboxylic acids is 2. The molecule has 1 N–H and O–H groups in total. The maximum Gasteiger partial charge on any atom is 0.295 e. The van der Waals surface area contributed by atoms with Crippen molar-refractivity contribution in [2.75, 3.05) is 13.7 Å². The van der Waals surface area contributed by atoms with Gasteiger partial charge in [0.1, 0.15) is 17.3 Å². The molecule has 6 nitrogen and oxygen atoms in total. The summed E-state index contributed by atoms with van der Waals surface area (Å²) >= 11 is 5.98. The molecular formula is C27H24ClNO5. The molecule has 3 aromatic carbocycles. The molecule has 34 heavy (non-hydrogen) atoms. The molecule has 3 aromatic rings. The standard InChI is InChI=1S/C27H24ClNO5/c1-3-34-22-6-4-5-17(15-22)16-29-24(18-9-13-21(33-2)14-10-18)23(26(31)27(29)32)25(30)19-7-11-20(28)12-8-19/h4-15,24,30H,3,16H2,1-2H3/b25-23-. The predicted octanol–water partition coefficient (Wildman–Crippen LogP) is 5.37. The Morgan fingerprint density at radius 3 is 2.35 bits per heavy atom. The quantitative estimate of drug-likeness (QED) is 0.281. The largest absolute Gasteiger partial charge is 0.507 e. The number of nitrogens with zero attached hydrogens (tertiary/aromatic N) is 1. The maximum absolute atomic E-state index is 13.2. The molecule has 0 aliphatic carbocycles. The van der Waals surface area contributed by atoms with E-state index in [1.807, 2.05) is 31.2 Å². The minimum absolute atomic E-state index is 0.0263. The molecule has 1 atom stereocenters. The predicted molar refractivity (Wildman–Crippen MR) is 130 cm³/mol. The number of benzene rings is 3. The molecule has 4 rings (SSSR count). The molecule has 0 bridgehead atoms. The van der Waals surface area contributed by atoms with Crippen LogP contribution >= 0.6 is 11.6 Å². The second-order valence-corrected chi connectivity index (χ2v) is 8.22. The first kappa shape index (κ1) is 23.4. The van der Waals surface area contributed by atoms with Gasteiger partial charge in [0, 0.05) is 17.1 Å². The molecule has 174 valence electrons. The Hall–Kier alpha value is -3.77. The van der Waals surface area contributed by atoms with Gasteiger partial charge in [0.05, 0.1) is 25.3 Å². The van der Waals surface area contributed by atoms with Crippen LogP contribution in [0, 0.1) is 0 Å². The van der Waals surface area contributed by atoms with Gasteiger partial charge in [-0.3, -0.25) is 9.59 Å². The Kier molecular flexibility index (Phi) is 6.89. The number of aliphatic hydroxyl groups excluding tert-OH is 1. The third-order valence-corrected chi connectivity index (χ3v) is 5.90. The van der Waals surface area contributed by atoms with Crippen LogP contribution in [0.3, 0.4) is 0 Å². The summed E-state index contributed by atoms with van der Waals surface area (Å²) < 4.78 is 10.8. The summed E-state index contributed by atoms with van der Waals surface area (Å²) in [6.07, 6.45) is 0. The smallest absolute Gasteiger partial charge is 0.295 e. The highest BCUT2D eigenvalue weighted by atomic mass is 35.5. The van der Waals surface area contributed by atoms with Gasteiger partial charge in [-0.2, -0.15) is 0 Å². The minimum atomic E-state index is -0.780. The van der Waals surface area contributed by atoms with Crippen molar-refractivity contribution in [2.45, 2.75) is 19.5 Å². The van der Waals surface area contributed by atoms with E-state index >= 15 is 0 Å². The maximum atomic E-state index is 13.2. The van der Waals surface area contributed by atoms with Crippen LogP contribution in [0.2, 0.25) is 5.02 Å². The van der Waals surface area contributed by atoms with Crippen LogP contribution in [-0.4, -0.2) is 35.4 Å². The summed E-state index contributed by atoms with van der Waals surface area (Å²) in [4.78, 5) is 27.8. The van der Waals surface area contributed by atoms with E-state index in [1.165, 1.54) is 4.90 Å². The van der Waals surface area contributed by atoms with Gasteiger partial charge in [-0.25, -0.2) is 0 Å². The van der Waals surface area contributed by atoms with Crippen molar-refractivity contribution in [2.24, 2.45) is 0 Å². The van der Waals surface area contributed by atoms with E-state index in [4.69, 9.17) is 21.1 Å². The molecule has 1 aliphatic heterocycles. The van der Waals surface area contributed by atoms with Crippen LogP contribution in [0.1, 0.15) is 29.7 Å². The van der Waals surface area contributed by atoms with Gasteiger partial charge >= 0.3 is 0 Å². The highest BCUT2D eigenvalue weighted by molar-refractivity contribution is 6.46. The van der Waals surface area contributed by atoms with Crippen LogP contribution in [0.4, 0.5) is 0 Å². The zero-order valence-electron chi connectivity index (χ0n) is 18.8. The van der Waals surface area contributed by atoms with Crippen molar-refractivity contribution < 1.29 is 24.2 Å². The molecule has 1 amide bonds. The van der Waals surface area contributed by atoms with Crippen molar-refractivity contribution in [3.05, 3.63) is 100 Å². The Bertz CT molecular complexity index is 1230. The van der Waals surface area contributed by atoms with E-state index in [-0.39, 0.29) is 17.9 Å². The summed E-state index contributed by atoms with van der Waals surface area (Å²) in [5, 5.41) is 11.6. The van der Waals surface area contributed by atoms with E-state index < -0.39 is 17.7 Å². The first-order chi connectivity index (χ1) is 16.4. The second kappa shape index (κ2) is 10.0. The van der Waals surface area contributed by atoms with Crippen LogP contribution < -0.4 is 9.47 Å². The number of Topliss-reactive ketones (excluding diaryl/α,β-unsaturated/α-hetero) is 1. The van der Waals surface area contributed by atoms with Crippen molar-refractivity contribution in [3.63, 3.8) is 0 Å². The van der Waals surface area contributed by atoms with E-state index in [1.54, 1.807) is 55.6 Å². The monoisotopic (exact) mass is 477 g/mol. The highest BCUT2D eigenvalue weighted by Gasteiger charge is 2.46. The van der Waals surface area contributed by atoms with Gasteiger partial charge in [-0.1, -0.05) is 35.9 Å². The van der Waals surface area contributed by atoms with Crippen LogP contribution in [0.15, 0.2) is 78.4 Å². The van der Waals surface area contributed by atoms with Gasteiger partial charge in [0.2, 0.25) is 0 Å². The number of ketones is 1. The molecule has 1 saturated heterocycles. The fraction of sp³-hybridized carbons (Fsp3) is 0.185. The number of ether oxygens (including phenoxy) is 2. The van der Waals surface area contributed by atoms with Crippen LogP contribution in [0.5, 0.6) is 11.5 Å². The SMILES string of the molecule is CCOc1cccc(CN2C(=O)C(=O)/C(=C(\O)c3ccc(Cl)cc3)C2c2ccc(OC)cc2)c1. The van der Waals surface area contributed by atoms with Gasteiger partial charge in [0.25, 0.3) is 11.7 Å². The molecular weight excluding hydrogens is 454 g/mol.